The zero-order valence-electron chi connectivity index (χ0n) is 14.4. The molecule has 0 aromatic heterocycles. The molecule has 2 aromatic rings. The number of nitrogens with zero attached hydrogens (tertiary/aromatic N) is 3. The van der Waals surface area contributed by atoms with E-state index in [9.17, 15) is 9.59 Å². The highest BCUT2D eigenvalue weighted by molar-refractivity contribution is 6.53. The van der Waals surface area contributed by atoms with Gasteiger partial charge in [-0.15, -0.1) is 0 Å². The number of hydrogen-bond donors (Lipinski definition) is 0. The topological polar surface area (TPSA) is 43.9 Å². The third-order valence-electron chi connectivity index (χ3n) is 4.82. The first kappa shape index (κ1) is 17.9. The molecule has 0 saturated carbocycles. The Balaban J connectivity index is 1.54. The van der Waals surface area contributed by atoms with Crippen LogP contribution in [0.2, 0.25) is 5.02 Å². The molecule has 0 spiro atoms. The molecule has 7 heteroatoms. The summed E-state index contributed by atoms with van der Waals surface area (Å²) in [4.78, 5) is 30.8. The van der Waals surface area contributed by atoms with E-state index in [-0.39, 0.29) is 10.7 Å². The van der Waals surface area contributed by atoms with E-state index < -0.39 is 11.8 Å². The van der Waals surface area contributed by atoms with Crippen molar-refractivity contribution in [3.05, 3.63) is 70.3 Å². The minimum atomic E-state index is -0.532. The van der Waals surface area contributed by atoms with E-state index in [0.29, 0.717) is 23.8 Å². The van der Waals surface area contributed by atoms with E-state index in [1.54, 1.807) is 24.3 Å². The van der Waals surface area contributed by atoms with Crippen molar-refractivity contribution in [3.8, 4) is 0 Å². The molecule has 0 bridgehead atoms. The first-order chi connectivity index (χ1) is 13.1. The number of piperazine rings is 1. The van der Waals surface area contributed by atoms with Crippen molar-refractivity contribution in [3.63, 3.8) is 0 Å². The van der Waals surface area contributed by atoms with Crippen LogP contribution in [0.15, 0.2) is 65.3 Å². The van der Waals surface area contributed by atoms with Gasteiger partial charge in [-0.1, -0.05) is 53.5 Å². The molecule has 0 N–H and O–H groups in total. The second-order valence-electron chi connectivity index (χ2n) is 6.37. The molecule has 4 rings (SSSR count). The van der Waals surface area contributed by atoms with Crippen molar-refractivity contribution in [1.29, 1.82) is 0 Å². The summed E-state index contributed by atoms with van der Waals surface area (Å²) in [7, 11) is 0. The lowest BCUT2D eigenvalue weighted by molar-refractivity contribution is -0.121. The second-order valence-corrected chi connectivity index (χ2v) is 7.15. The van der Waals surface area contributed by atoms with Gasteiger partial charge in [-0.05, 0) is 24.3 Å². The van der Waals surface area contributed by atoms with Gasteiger partial charge in [-0.3, -0.25) is 9.59 Å². The molecule has 0 atom stereocenters. The number of amides is 2. The van der Waals surface area contributed by atoms with Gasteiger partial charge < -0.3 is 9.80 Å². The first-order valence-corrected chi connectivity index (χ1v) is 9.41. The number of benzene rings is 2. The Morgan fingerprint density at radius 2 is 1.30 bits per heavy atom. The largest absolute Gasteiger partial charge is 0.368 e. The van der Waals surface area contributed by atoms with Crippen molar-refractivity contribution in [2.45, 2.75) is 0 Å². The quantitative estimate of drug-likeness (QED) is 0.738. The van der Waals surface area contributed by atoms with Gasteiger partial charge in [0.1, 0.15) is 10.7 Å². The number of imide groups is 1. The molecule has 0 unspecified atom stereocenters. The highest BCUT2D eigenvalue weighted by Gasteiger charge is 2.42. The summed E-state index contributed by atoms with van der Waals surface area (Å²) in [6, 6.07) is 16.9. The van der Waals surface area contributed by atoms with Gasteiger partial charge in [0.25, 0.3) is 11.8 Å². The zero-order valence-corrected chi connectivity index (χ0v) is 16.0. The molecule has 0 radical (unpaired) electrons. The average molecular weight is 402 g/mol. The van der Waals surface area contributed by atoms with E-state index in [1.807, 2.05) is 23.1 Å². The average Bonchev–Trinajstić information content (AvgIpc) is 2.92. The van der Waals surface area contributed by atoms with Gasteiger partial charge >= 0.3 is 0 Å². The van der Waals surface area contributed by atoms with Gasteiger partial charge in [-0.2, -0.15) is 0 Å². The number of rotatable bonds is 3. The molecule has 2 aliphatic rings. The Bertz CT molecular complexity index is 922. The van der Waals surface area contributed by atoms with E-state index in [4.69, 9.17) is 23.2 Å². The second kappa shape index (κ2) is 7.25. The van der Waals surface area contributed by atoms with Gasteiger partial charge in [0.05, 0.1) is 10.7 Å². The summed E-state index contributed by atoms with van der Waals surface area (Å²) in [5, 5.41) is 0.284. The molecule has 2 heterocycles. The van der Waals surface area contributed by atoms with Crippen LogP contribution in [0.1, 0.15) is 0 Å². The van der Waals surface area contributed by atoms with E-state index in [2.05, 4.69) is 17.0 Å². The predicted octanol–water partition coefficient (Wildman–Crippen LogP) is 3.49. The lowest BCUT2D eigenvalue weighted by atomic mass is 10.2. The Morgan fingerprint density at radius 3 is 1.96 bits per heavy atom. The smallest absolute Gasteiger partial charge is 0.283 e. The van der Waals surface area contributed by atoms with Crippen LogP contribution < -0.4 is 9.80 Å². The maximum atomic E-state index is 13.0. The van der Waals surface area contributed by atoms with Crippen LogP contribution in [0.25, 0.3) is 0 Å². The molecule has 0 aliphatic carbocycles. The van der Waals surface area contributed by atoms with Gasteiger partial charge in [0.15, 0.2) is 0 Å². The minimum Gasteiger partial charge on any atom is -0.368 e. The van der Waals surface area contributed by atoms with Gasteiger partial charge in [0.2, 0.25) is 0 Å². The number of hydrogen-bond acceptors (Lipinski definition) is 4. The van der Waals surface area contributed by atoms with Gasteiger partial charge in [0, 0.05) is 31.9 Å². The van der Waals surface area contributed by atoms with Crippen molar-refractivity contribution in [2.24, 2.45) is 0 Å². The molecular weight excluding hydrogens is 385 g/mol. The summed E-state index contributed by atoms with van der Waals surface area (Å²) in [5.41, 5.74) is 1.75. The minimum absolute atomic E-state index is 0.0481. The summed E-state index contributed by atoms with van der Waals surface area (Å²) >= 11 is 12.5. The zero-order chi connectivity index (χ0) is 19.0. The number of carbonyl (C=O) groups excluding carboxylic acids is 2. The number of anilines is 2. The third kappa shape index (κ3) is 3.17. The normalized spacial score (nSPS) is 17.9. The summed E-state index contributed by atoms with van der Waals surface area (Å²) in [6.07, 6.45) is 0. The lowest BCUT2D eigenvalue weighted by Gasteiger charge is -2.37. The maximum Gasteiger partial charge on any atom is 0.283 e. The van der Waals surface area contributed by atoms with Crippen LogP contribution in [0.3, 0.4) is 0 Å². The predicted molar refractivity (Wildman–Crippen MR) is 107 cm³/mol. The van der Waals surface area contributed by atoms with Crippen molar-refractivity contribution < 1.29 is 9.59 Å². The van der Waals surface area contributed by atoms with Crippen LogP contribution >= 0.6 is 23.2 Å². The molecule has 5 nitrogen and oxygen atoms in total. The number of halogens is 2. The Hall–Kier alpha value is -2.50. The van der Waals surface area contributed by atoms with E-state index >= 15 is 0 Å². The standard InChI is InChI=1S/C20H17Cl2N3O2/c21-15-8-4-5-9-16(15)25-19(26)17(22)18(20(25)27)24-12-10-23(11-13-24)14-6-2-1-3-7-14/h1-9H,10-13H2. The van der Waals surface area contributed by atoms with Crippen molar-refractivity contribution in [2.75, 3.05) is 36.0 Å². The Labute approximate surface area is 167 Å². The first-order valence-electron chi connectivity index (χ1n) is 8.66. The van der Waals surface area contributed by atoms with Crippen molar-refractivity contribution >= 4 is 46.4 Å². The summed E-state index contributed by atoms with van der Waals surface area (Å²) < 4.78 is 0. The highest BCUT2D eigenvalue weighted by Crippen LogP contribution is 2.35. The van der Waals surface area contributed by atoms with Gasteiger partial charge in [-0.25, -0.2) is 4.90 Å². The van der Waals surface area contributed by atoms with Crippen LogP contribution in [0.5, 0.6) is 0 Å². The van der Waals surface area contributed by atoms with E-state index in [0.717, 1.165) is 23.7 Å². The SMILES string of the molecule is O=C1C(Cl)=C(N2CCN(c3ccccc3)CC2)C(=O)N1c1ccccc1Cl. The molecule has 2 aliphatic heterocycles. The Kier molecular flexibility index (Phi) is 4.81. The molecule has 2 amide bonds. The number of carbonyl (C=O) groups is 2. The fourth-order valence-electron chi connectivity index (χ4n) is 3.44. The molecule has 2 aromatic carbocycles. The number of para-hydroxylation sites is 2. The monoisotopic (exact) mass is 401 g/mol. The van der Waals surface area contributed by atoms with Crippen LogP contribution in [0.4, 0.5) is 11.4 Å². The van der Waals surface area contributed by atoms with Crippen LogP contribution in [-0.4, -0.2) is 42.9 Å². The summed E-state index contributed by atoms with van der Waals surface area (Å²) in [5.74, 6) is -0.957. The fraction of sp³-hybridized carbons (Fsp3) is 0.200. The lowest BCUT2D eigenvalue weighted by Crippen LogP contribution is -2.47. The van der Waals surface area contributed by atoms with Crippen molar-refractivity contribution in [1.82, 2.24) is 4.90 Å². The van der Waals surface area contributed by atoms with Crippen LogP contribution in [0, 0.1) is 0 Å². The fourth-order valence-corrected chi connectivity index (χ4v) is 3.95. The molecule has 1 fully saturated rings. The maximum absolute atomic E-state index is 13.0. The molecule has 138 valence electrons. The Morgan fingerprint density at radius 1 is 0.704 bits per heavy atom. The highest BCUT2D eigenvalue weighted by atomic mass is 35.5. The molecular formula is C20H17Cl2N3O2. The molecule has 1 saturated heterocycles. The third-order valence-corrected chi connectivity index (χ3v) is 5.48. The van der Waals surface area contributed by atoms with Crippen LogP contribution in [-0.2, 0) is 9.59 Å². The molecule has 27 heavy (non-hydrogen) atoms. The van der Waals surface area contributed by atoms with E-state index in [1.165, 1.54) is 0 Å². The summed E-state index contributed by atoms with van der Waals surface area (Å²) in [6.45, 7) is 2.70.